The third-order valence-electron chi connectivity index (χ3n) is 6.00. The summed E-state index contributed by atoms with van der Waals surface area (Å²) in [6, 6.07) is -0.700. The Labute approximate surface area is 217 Å². The number of amides is 4. The molecule has 1 aromatic rings. The molecule has 0 atom stereocenters. The fourth-order valence-corrected chi connectivity index (χ4v) is 3.87. The molecule has 1 saturated heterocycles. The minimum absolute atomic E-state index is 0.148. The van der Waals surface area contributed by atoms with Gasteiger partial charge in [0.1, 0.15) is 5.57 Å². The van der Waals surface area contributed by atoms with Crippen molar-refractivity contribution in [3.05, 3.63) is 44.1 Å². The molecule has 37 heavy (non-hydrogen) atoms. The Balaban J connectivity index is 2.36. The lowest BCUT2D eigenvalue weighted by Crippen LogP contribution is -2.55. The number of barbiturate groups is 1. The van der Waals surface area contributed by atoms with Crippen molar-refractivity contribution in [2.24, 2.45) is 7.05 Å². The molecule has 12 nitrogen and oxygen atoms in total. The van der Waals surface area contributed by atoms with Gasteiger partial charge in [-0.2, -0.15) is 0 Å². The van der Waals surface area contributed by atoms with Crippen LogP contribution in [-0.2, 0) is 23.2 Å². The number of hydrogen-bond acceptors (Lipinski definition) is 6. The quantitative estimate of drug-likeness (QED) is 0.226. The molecule has 0 aliphatic carbocycles. The second-order valence-electron chi connectivity index (χ2n) is 11.3. The Hall–Kier alpha value is -3.51. The summed E-state index contributed by atoms with van der Waals surface area (Å²) in [6.07, 6.45) is 4.73. The lowest BCUT2D eigenvalue weighted by Gasteiger charge is -2.32. The SMILES string of the molecule is CN1C(=O)C(=CC=Cc2c([O-])n(C)c(=O)n(CCC[N+](C)(C)C)c2=O)C(=O)N(CCC[N+](C)(C)C)C1=O. The summed E-state index contributed by atoms with van der Waals surface area (Å²) in [7, 11) is 14.5. The van der Waals surface area contributed by atoms with Gasteiger partial charge in [0.2, 0.25) is 0 Å². The third-order valence-corrected chi connectivity index (χ3v) is 6.00. The van der Waals surface area contributed by atoms with E-state index in [0.29, 0.717) is 34.9 Å². The smallest absolute Gasteiger partial charge is 0.333 e. The Morgan fingerprint density at radius 3 is 1.89 bits per heavy atom. The average molecular weight is 520 g/mol. The van der Waals surface area contributed by atoms with Crippen molar-refractivity contribution in [2.45, 2.75) is 19.4 Å². The van der Waals surface area contributed by atoms with Crippen LogP contribution in [0.25, 0.3) is 6.08 Å². The molecule has 0 aromatic carbocycles. The van der Waals surface area contributed by atoms with E-state index in [1.54, 1.807) is 0 Å². The fourth-order valence-electron chi connectivity index (χ4n) is 3.87. The number of rotatable bonds is 10. The van der Waals surface area contributed by atoms with Crippen molar-refractivity contribution in [2.75, 3.05) is 69.0 Å². The van der Waals surface area contributed by atoms with Gasteiger partial charge in [-0.15, -0.1) is 0 Å². The molecule has 1 aliphatic rings. The first-order valence-corrected chi connectivity index (χ1v) is 12.1. The predicted molar refractivity (Wildman–Crippen MR) is 137 cm³/mol. The maximum Gasteiger partial charge on any atom is 0.333 e. The van der Waals surface area contributed by atoms with Crippen LogP contribution in [0.2, 0.25) is 0 Å². The van der Waals surface area contributed by atoms with Crippen molar-refractivity contribution >= 4 is 23.9 Å². The first-order valence-electron chi connectivity index (χ1n) is 12.1. The molecule has 2 heterocycles. The Morgan fingerprint density at radius 1 is 0.811 bits per heavy atom. The molecule has 12 heteroatoms. The van der Waals surface area contributed by atoms with E-state index in [1.807, 2.05) is 42.3 Å². The second-order valence-corrected chi connectivity index (χ2v) is 11.3. The van der Waals surface area contributed by atoms with E-state index in [4.69, 9.17) is 0 Å². The highest BCUT2D eigenvalue weighted by Crippen LogP contribution is 2.17. The number of hydrogen-bond donors (Lipinski definition) is 0. The van der Waals surface area contributed by atoms with Crippen LogP contribution in [0.15, 0.2) is 27.3 Å². The van der Waals surface area contributed by atoms with Crippen LogP contribution in [0.5, 0.6) is 5.88 Å². The number of urea groups is 1. The fraction of sp³-hybridized carbons (Fsp3) is 0.560. The number of carbonyl (C=O) groups is 3. The van der Waals surface area contributed by atoms with E-state index in [-0.39, 0.29) is 24.2 Å². The van der Waals surface area contributed by atoms with Gasteiger partial charge in [0.25, 0.3) is 17.4 Å². The molecule has 1 aromatic heterocycles. The molecular formula is C25H39N6O6+. The highest BCUT2D eigenvalue weighted by Gasteiger charge is 2.39. The minimum atomic E-state index is -0.775. The standard InChI is InChI=1S/C25H39N6O6/c1-26-20(32)18(22(34)28(24(26)36)14-10-16-30(3,4)5)12-9-13-19-21(33)27(2)25(37)29(23(19)35)15-11-17-31(6,7)8/h9,12-13H,10-11,14-17H2,1-8H3/q+1. The molecule has 1 aliphatic heterocycles. The normalized spacial score (nSPS) is 16.5. The zero-order valence-corrected chi connectivity index (χ0v) is 23.1. The van der Waals surface area contributed by atoms with Crippen molar-refractivity contribution in [3.63, 3.8) is 0 Å². The number of nitrogens with zero attached hydrogens (tertiary/aromatic N) is 6. The Morgan fingerprint density at radius 2 is 1.35 bits per heavy atom. The van der Waals surface area contributed by atoms with Gasteiger partial charge in [-0.25, -0.2) is 9.59 Å². The second kappa shape index (κ2) is 11.3. The van der Waals surface area contributed by atoms with Gasteiger partial charge in [-0.3, -0.25) is 28.8 Å². The third kappa shape index (κ3) is 7.26. The van der Waals surface area contributed by atoms with Crippen molar-refractivity contribution in [3.8, 4) is 5.88 Å². The van der Waals surface area contributed by atoms with Crippen LogP contribution in [0.1, 0.15) is 18.4 Å². The molecule has 4 amide bonds. The lowest BCUT2D eigenvalue weighted by molar-refractivity contribution is -0.870. The lowest BCUT2D eigenvalue weighted by atomic mass is 10.1. The summed E-state index contributed by atoms with van der Waals surface area (Å²) >= 11 is 0. The number of quaternary nitrogens is 2. The summed E-state index contributed by atoms with van der Waals surface area (Å²) in [6.45, 7) is 1.73. The van der Waals surface area contributed by atoms with E-state index < -0.39 is 35.0 Å². The summed E-state index contributed by atoms with van der Waals surface area (Å²) < 4.78 is 3.18. The maximum atomic E-state index is 13.0. The molecule has 2 rings (SSSR count). The molecule has 204 valence electrons. The predicted octanol–water partition coefficient (Wildman–Crippen LogP) is -0.827. The number of aromatic nitrogens is 2. The van der Waals surface area contributed by atoms with Crippen molar-refractivity contribution < 1.29 is 28.5 Å². The summed E-state index contributed by atoms with van der Waals surface area (Å²) in [5, 5.41) is 12.6. The van der Waals surface area contributed by atoms with Gasteiger partial charge < -0.3 is 18.6 Å². The van der Waals surface area contributed by atoms with E-state index in [2.05, 4.69) is 0 Å². The summed E-state index contributed by atoms with van der Waals surface area (Å²) in [5.41, 5.74) is -1.96. The first kappa shape index (κ1) is 29.7. The summed E-state index contributed by atoms with van der Waals surface area (Å²) in [4.78, 5) is 65.5. The maximum absolute atomic E-state index is 13.0. The van der Waals surface area contributed by atoms with Gasteiger partial charge in [-0.05, 0) is 18.0 Å². The zero-order valence-electron chi connectivity index (χ0n) is 23.1. The molecule has 0 unspecified atom stereocenters. The van der Waals surface area contributed by atoms with Gasteiger partial charge in [0.05, 0.1) is 55.4 Å². The average Bonchev–Trinajstić information content (AvgIpc) is 2.78. The van der Waals surface area contributed by atoms with E-state index in [9.17, 15) is 29.1 Å². The molecule has 0 bridgehead atoms. The highest BCUT2D eigenvalue weighted by molar-refractivity contribution is 6.28. The number of allylic oxidation sites excluding steroid dienone is 2. The largest absolute Gasteiger partial charge is 0.859 e. The van der Waals surface area contributed by atoms with Gasteiger partial charge >= 0.3 is 11.7 Å². The molecule has 0 spiro atoms. The van der Waals surface area contributed by atoms with Gasteiger partial charge in [0, 0.05) is 45.6 Å². The minimum Gasteiger partial charge on any atom is -0.859 e. The van der Waals surface area contributed by atoms with Crippen LogP contribution in [0, 0.1) is 0 Å². The molecule has 0 N–H and O–H groups in total. The Kier molecular flexibility index (Phi) is 9.04. The van der Waals surface area contributed by atoms with Crippen LogP contribution in [0.3, 0.4) is 0 Å². The van der Waals surface area contributed by atoms with Gasteiger partial charge in [-0.1, -0.05) is 6.08 Å². The molecular weight excluding hydrogens is 480 g/mol. The highest BCUT2D eigenvalue weighted by atomic mass is 16.3. The van der Waals surface area contributed by atoms with Crippen LogP contribution < -0.4 is 16.4 Å². The molecule has 0 radical (unpaired) electrons. The number of imide groups is 2. The van der Waals surface area contributed by atoms with Crippen LogP contribution >= 0.6 is 0 Å². The molecule has 0 saturated carbocycles. The van der Waals surface area contributed by atoms with Crippen LogP contribution in [-0.4, -0.2) is 115 Å². The van der Waals surface area contributed by atoms with Gasteiger partial charge in [0.15, 0.2) is 0 Å². The van der Waals surface area contributed by atoms with E-state index in [0.717, 1.165) is 18.9 Å². The first-order chi connectivity index (χ1) is 17.0. The van der Waals surface area contributed by atoms with Crippen LogP contribution in [0.4, 0.5) is 4.79 Å². The topological polar surface area (TPSA) is 125 Å². The molecule has 1 fully saturated rings. The van der Waals surface area contributed by atoms with Crippen molar-refractivity contribution in [1.29, 1.82) is 0 Å². The van der Waals surface area contributed by atoms with E-state index in [1.165, 1.54) is 32.3 Å². The summed E-state index contributed by atoms with van der Waals surface area (Å²) in [5.74, 6) is -2.29. The monoisotopic (exact) mass is 519 g/mol. The van der Waals surface area contributed by atoms with Crippen molar-refractivity contribution in [1.82, 2.24) is 18.9 Å². The number of carbonyl (C=O) groups excluding carboxylic acids is 3. The Bertz CT molecular complexity index is 1240. The zero-order chi connectivity index (χ0) is 28.3. The van der Waals surface area contributed by atoms with E-state index >= 15 is 0 Å². The number of likely N-dealkylation sites (N-methyl/N-ethyl adjacent to an activating group) is 1.